The molecule has 1 unspecified atom stereocenters. The van der Waals surface area contributed by atoms with E-state index >= 15 is 0 Å². The van der Waals surface area contributed by atoms with Crippen LogP contribution in [0.3, 0.4) is 0 Å². The van der Waals surface area contributed by atoms with E-state index in [1.165, 1.54) is 57.8 Å². The minimum absolute atomic E-state index is 0.0896. The molecule has 8 heteroatoms. The molecule has 0 aromatic rings. The fourth-order valence-electron chi connectivity index (χ4n) is 3.48. The fourth-order valence-corrected chi connectivity index (χ4v) is 3.48. The first-order chi connectivity index (χ1) is 14.0. The van der Waals surface area contributed by atoms with Gasteiger partial charge in [0.15, 0.2) is 6.29 Å². The Kier molecular flexibility index (Phi) is 15.1. The number of unbranched alkanes of at least 4 members (excludes halogenated alkanes) is 9. The third kappa shape index (κ3) is 11.0. The largest absolute Gasteiger partial charge is 0.394 e. The predicted octanol–water partition coefficient (Wildman–Crippen LogP) is 0.674. The molecular weight excluding hydrogens is 378 g/mol. The van der Waals surface area contributed by atoms with Crippen molar-refractivity contribution in [3.63, 3.8) is 0 Å². The Bertz CT molecular complexity index is 386. The van der Waals surface area contributed by atoms with E-state index in [1.807, 2.05) is 0 Å². The highest BCUT2D eigenvalue weighted by atomic mass is 16.7. The Morgan fingerprint density at radius 1 is 0.862 bits per heavy atom. The van der Waals surface area contributed by atoms with Crippen molar-refractivity contribution in [2.24, 2.45) is 0 Å². The van der Waals surface area contributed by atoms with Gasteiger partial charge in [-0.3, -0.25) is 0 Å². The average molecular weight is 422 g/mol. The van der Waals surface area contributed by atoms with Crippen LogP contribution in [0.25, 0.3) is 0 Å². The summed E-state index contributed by atoms with van der Waals surface area (Å²) in [6.07, 6.45) is 5.49. The molecule has 174 valence electrons. The number of aliphatic hydroxyl groups is 5. The van der Waals surface area contributed by atoms with Gasteiger partial charge in [-0.05, 0) is 13.0 Å². The van der Waals surface area contributed by atoms with Crippen LogP contribution in [0.5, 0.6) is 0 Å². The van der Waals surface area contributed by atoms with Gasteiger partial charge in [0.05, 0.1) is 19.3 Å². The van der Waals surface area contributed by atoms with E-state index in [0.29, 0.717) is 6.54 Å². The van der Waals surface area contributed by atoms with Gasteiger partial charge in [-0.25, -0.2) is 0 Å². The number of rotatable bonds is 17. The van der Waals surface area contributed by atoms with Gasteiger partial charge < -0.3 is 40.3 Å². The quantitative estimate of drug-likeness (QED) is 0.189. The van der Waals surface area contributed by atoms with Crippen LogP contribution in [-0.4, -0.2) is 88.6 Å². The SMILES string of the molecule is CCCCCCCCCCCCNCC(O)CO[C@H]1O[C@H](CO)[C@H](O)[C@H](O)[C@H]1O. The lowest BCUT2D eigenvalue weighted by molar-refractivity contribution is -0.304. The molecule has 1 fully saturated rings. The zero-order valence-electron chi connectivity index (χ0n) is 17.9. The van der Waals surface area contributed by atoms with Crippen molar-refractivity contribution >= 4 is 0 Å². The van der Waals surface area contributed by atoms with Crippen LogP contribution in [0.15, 0.2) is 0 Å². The summed E-state index contributed by atoms with van der Waals surface area (Å²) < 4.78 is 10.6. The van der Waals surface area contributed by atoms with Gasteiger partial charge in [0.25, 0.3) is 0 Å². The number of hydrogen-bond acceptors (Lipinski definition) is 8. The van der Waals surface area contributed by atoms with Gasteiger partial charge in [-0.15, -0.1) is 0 Å². The molecule has 8 nitrogen and oxygen atoms in total. The van der Waals surface area contributed by atoms with Crippen molar-refractivity contribution < 1.29 is 35.0 Å². The number of hydrogen-bond donors (Lipinski definition) is 6. The van der Waals surface area contributed by atoms with Gasteiger partial charge in [0.1, 0.15) is 24.4 Å². The second-order valence-electron chi connectivity index (χ2n) is 8.07. The van der Waals surface area contributed by atoms with Crippen LogP contribution in [0.4, 0.5) is 0 Å². The van der Waals surface area contributed by atoms with Crippen LogP contribution in [0, 0.1) is 0 Å². The second-order valence-corrected chi connectivity index (χ2v) is 8.07. The summed E-state index contributed by atoms with van der Waals surface area (Å²) in [5, 5.41) is 51.6. The summed E-state index contributed by atoms with van der Waals surface area (Å²) in [5.74, 6) is 0. The highest BCUT2D eigenvalue weighted by Gasteiger charge is 2.44. The fraction of sp³-hybridized carbons (Fsp3) is 1.00. The molecule has 6 atom stereocenters. The monoisotopic (exact) mass is 421 g/mol. The summed E-state index contributed by atoms with van der Waals surface area (Å²) in [5.41, 5.74) is 0. The molecule has 0 amide bonds. The van der Waals surface area contributed by atoms with Crippen LogP contribution in [0.2, 0.25) is 0 Å². The third-order valence-corrected chi connectivity index (χ3v) is 5.39. The number of ether oxygens (including phenoxy) is 2. The van der Waals surface area contributed by atoms with Crippen molar-refractivity contribution in [3.05, 3.63) is 0 Å². The van der Waals surface area contributed by atoms with Gasteiger partial charge in [0.2, 0.25) is 0 Å². The molecule has 1 aliphatic rings. The van der Waals surface area contributed by atoms with Crippen molar-refractivity contribution in [1.29, 1.82) is 0 Å². The van der Waals surface area contributed by atoms with E-state index in [-0.39, 0.29) is 6.61 Å². The summed E-state index contributed by atoms with van der Waals surface area (Å²) >= 11 is 0. The van der Waals surface area contributed by atoms with E-state index in [9.17, 15) is 20.4 Å². The topological polar surface area (TPSA) is 132 Å². The van der Waals surface area contributed by atoms with Crippen LogP contribution >= 0.6 is 0 Å². The normalized spacial score (nSPS) is 28.6. The maximum Gasteiger partial charge on any atom is 0.186 e. The maximum absolute atomic E-state index is 9.98. The third-order valence-electron chi connectivity index (χ3n) is 5.39. The Balaban J connectivity index is 1.99. The molecule has 0 aromatic heterocycles. The summed E-state index contributed by atoms with van der Waals surface area (Å²) in [6, 6.07) is 0. The summed E-state index contributed by atoms with van der Waals surface area (Å²) in [6.45, 7) is 2.82. The molecular formula is C21H43NO7. The molecule has 6 N–H and O–H groups in total. The number of aliphatic hydroxyl groups excluding tert-OH is 5. The van der Waals surface area contributed by atoms with Gasteiger partial charge in [-0.1, -0.05) is 64.7 Å². The Hall–Kier alpha value is -0.320. The summed E-state index contributed by atoms with van der Waals surface area (Å²) in [7, 11) is 0. The van der Waals surface area contributed by atoms with E-state index in [2.05, 4.69) is 12.2 Å². The van der Waals surface area contributed by atoms with Gasteiger partial charge >= 0.3 is 0 Å². The van der Waals surface area contributed by atoms with Crippen molar-refractivity contribution in [2.75, 3.05) is 26.3 Å². The smallest absolute Gasteiger partial charge is 0.186 e. The van der Waals surface area contributed by atoms with Gasteiger partial charge in [0, 0.05) is 6.54 Å². The Morgan fingerprint density at radius 2 is 1.45 bits per heavy atom. The van der Waals surface area contributed by atoms with E-state index in [0.717, 1.165) is 13.0 Å². The number of nitrogens with one attached hydrogen (secondary N) is 1. The first-order valence-electron chi connectivity index (χ1n) is 11.3. The van der Waals surface area contributed by atoms with Crippen LogP contribution < -0.4 is 5.32 Å². The molecule has 1 rings (SSSR count). The summed E-state index contributed by atoms with van der Waals surface area (Å²) in [4.78, 5) is 0. The highest BCUT2D eigenvalue weighted by molar-refractivity contribution is 4.88. The van der Waals surface area contributed by atoms with E-state index in [4.69, 9.17) is 14.6 Å². The zero-order chi connectivity index (χ0) is 21.5. The Labute approximate surface area is 175 Å². The lowest BCUT2D eigenvalue weighted by Crippen LogP contribution is -2.59. The molecule has 0 saturated carbocycles. The van der Waals surface area contributed by atoms with E-state index < -0.39 is 43.4 Å². The molecule has 0 spiro atoms. The Morgan fingerprint density at radius 3 is 2.03 bits per heavy atom. The van der Waals surface area contributed by atoms with Crippen molar-refractivity contribution in [1.82, 2.24) is 5.32 Å². The lowest BCUT2D eigenvalue weighted by Gasteiger charge is -2.39. The predicted molar refractivity (Wildman–Crippen MR) is 110 cm³/mol. The first-order valence-corrected chi connectivity index (χ1v) is 11.3. The molecule has 1 saturated heterocycles. The van der Waals surface area contributed by atoms with Crippen LogP contribution in [-0.2, 0) is 9.47 Å². The molecule has 0 bridgehead atoms. The minimum Gasteiger partial charge on any atom is -0.394 e. The van der Waals surface area contributed by atoms with Crippen LogP contribution in [0.1, 0.15) is 71.1 Å². The van der Waals surface area contributed by atoms with Crippen molar-refractivity contribution in [3.8, 4) is 0 Å². The molecule has 1 heterocycles. The molecule has 1 aliphatic heterocycles. The highest BCUT2D eigenvalue weighted by Crippen LogP contribution is 2.22. The van der Waals surface area contributed by atoms with Gasteiger partial charge in [-0.2, -0.15) is 0 Å². The second kappa shape index (κ2) is 16.4. The maximum atomic E-state index is 9.98. The van der Waals surface area contributed by atoms with E-state index in [1.54, 1.807) is 0 Å². The molecule has 0 aliphatic carbocycles. The zero-order valence-corrected chi connectivity index (χ0v) is 17.9. The standard InChI is InChI=1S/C21H43NO7/c1-2-3-4-5-6-7-8-9-10-11-12-22-13-16(24)15-28-21-20(27)19(26)18(25)17(14-23)29-21/h16-27H,2-15H2,1H3/t16?,17-,18+,19+,20-,21+/m1/s1. The minimum atomic E-state index is -1.47. The average Bonchev–Trinajstić information content (AvgIpc) is 2.72. The first kappa shape index (κ1) is 26.7. The molecule has 29 heavy (non-hydrogen) atoms. The molecule has 0 aromatic carbocycles. The van der Waals surface area contributed by atoms with Crippen molar-refractivity contribution in [2.45, 2.75) is 108 Å². The molecule has 0 radical (unpaired) electrons. The lowest BCUT2D eigenvalue weighted by atomic mass is 9.99.